The van der Waals surface area contributed by atoms with E-state index in [4.69, 9.17) is 0 Å². The van der Waals surface area contributed by atoms with Gasteiger partial charge in [-0.15, -0.1) is 0 Å². The molecule has 0 aliphatic heterocycles. The number of nitrogens with zero attached hydrogens (tertiary/aromatic N) is 4. The van der Waals surface area contributed by atoms with Gasteiger partial charge in [-0.25, -0.2) is 4.98 Å². The first-order valence-electron chi connectivity index (χ1n) is 7.16. The van der Waals surface area contributed by atoms with Crippen molar-refractivity contribution < 1.29 is 4.79 Å². The molecule has 0 aliphatic rings. The maximum atomic E-state index is 11.9. The predicted octanol–water partition coefficient (Wildman–Crippen LogP) is 1.68. The molecule has 0 fully saturated rings. The van der Waals surface area contributed by atoms with E-state index in [0.29, 0.717) is 19.4 Å². The van der Waals surface area contributed by atoms with Crippen molar-refractivity contribution in [3.05, 3.63) is 60.1 Å². The Morgan fingerprint density at radius 2 is 2.23 bits per heavy atom. The number of carbonyl (C=O) groups excluding carboxylic acids is 1. The number of hydrogen-bond acceptors (Lipinski definition) is 4. The second-order valence-electron chi connectivity index (χ2n) is 5.18. The average molecular weight is 295 g/mol. The van der Waals surface area contributed by atoms with Gasteiger partial charge in [0.1, 0.15) is 5.65 Å². The molecule has 0 radical (unpaired) electrons. The van der Waals surface area contributed by atoms with Crippen LogP contribution in [0.2, 0.25) is 0 Å². The third kappa shape index (κ3) is 3.46. The SMILES string of the molecule is Cc1ccn2cc(CNC(=O)CCc3cnccn3)nc2c1. The fourth-order valence-electron chi connectivity index (χ4n) is 2.20. The summed E-state index contributed by atoms with van der Waals surface area (Å²) in [5.74, 6) is -0.0149. The lowest BCUT2D eigenvalue weighted by molar-refractivity contribution is -0.121. The van der Waals surface area contributed by atoms with Crippen LogP contribution in [-0.2, 0) is 17.8 Å². The monoisotopic (exact) mass is 295 g/mol. The number of fused-ring (bicyclic) bond motifs is 1. The van der Waals surface area contributed by atoms with Gasteiger partial charge in [0.05, 0.1) is 17.9 Å². The molecule has 0 atom stereocenters. The van der Waals surface area contributed by atoms with Crippen molar-refractivity contribution in [2.24, 2.45) is 0 Å². The summed E-state index contributed by atoms with van der Waals surface area (Å²) >= 11 is 0. The van der Waals surface area contributed by atoms with Gasteiger partial charge in [0.25, 0.3) is 0 Å². The van der Waals surface area contributed by atoms with Gasteiger partial charge in [-0.1, -0.05) is 0 Å². The zero-order chi connectivity index (χ0) is 15.4. The van der Waals surface area contributed by atoms with E-state index in [2.05, 4.69) is 20.3 Å². The molecular weight excluding hydrogens is 278 g/mol. The molecule has 0 aliphatic carbocycles. The average Bonchev–Trinajstić information content (AvgIpc) is 2.94. The van der Waals surface area contributed by atoms with Crippen LogP contribution in [0.25, 0.3) is 5.65 Å². The maximum absolute atomic E-state index is 11.9. The van der Waals surface area contributed by atoms with Crippen LogP contribution in [0.4, 0.5) is 0 Å². The molecule has 0 unspecified atom stereocenters. The van der Waals surface area contributed by atoms with Crippen LogP contribution >= 0.6 is 0 Å². The van der Waals surface area contributed by atoms with Crippen LogP contribution in [0.15, 0.2) is 43.1 Å². The normalized spacial score (nSPS) is 10.8. The third-order valence-electron chi connectivity index (χ3n) is 3.36. The van der Waals surface area contributed by atoms with Gasteiger partial charge in [0.2, 0.25) is 5.91 Å². The lowest BCUT2D eigenvalue weighted by Crippen LogP contribution is -2.23. The molecule has 0 saturated heterocycles. The Labute approximate surface area is 128 Å². The van der Waals surface area contributed by atoms with Crippen molar-refractivity contribution in [2.75, 3.05) is 0 Å². The molecule has 0 aromatic carbocycles. The van der Waals surface area contributed by atoms with Gasteiger partial charge in [-0.05, 0) is 31.0 Å². The quantitative estimate of drug-likeness (QED) is 0.777. The summed E-state index contributed by atoms with van der Waals surface area (Å²) < 4.78 is 1.95. The summed E-state index contributed by atoms with van der Waals surface area (Å²) in [7, 11) is 0. The molecule has 0 saturated carbocycles. The van der Waals surface area contributed by atoms with Crippen LogP contribution in [-0.4, -0.2) is 25.3 Å². The van der Waals surface area contributed by atoms with Crippen LogP contribution in [0.5, 0.6) is 0 Å². The van der Waals surface area contributed by atoms with Crippen molar-refractivity contribution in [2.45, 2.75) is 26.3 Å². The Morgan fingerprint density at radius 1 is 1.32 bits per heavy atom. The van der Waals surface area contributed by atoms with Crippen molar-refractivity contribution in [3.8, 4) is 0 Å². The second kappa shape index (κ2) is 6.34. The molecule has 3 aromatic heterocycles. The highest BCUT2D eigenvalue weighted by molar-refractivity contribution is 5.76. The molecule has 1 amide bonds. The minimum absolute atomic E-state index is 0.0149. The zero-order valence-electron chi connectivity index (χ0n) is 12.4. The van der Waals surface area contributed by atoms with Crippen molar-refractivity contribution in [3.63, 3.8) is 0 Å². The van der Waals surface area contributed by atoms with Crippen molar-refractivity contribution >= 4 is 11.6 Å². The molecule has 1 N–H and O–H groups in total. The Bertz CT molecular complexity index is 782. The summed E-state index contributed by atoms with van der Waals surface area (Å²) in [6, 6.07) is 4.04. The Kier molecular flexibility index (Phi) is 4.09. The third-order valence-corrected chi connectivity index (χ3v) is 3.36. The molecule has 0 spiro atoms. The first-order valence-corrected chi connectivity index (χ1v) is 7.16. The summed E-state index contributed by atoms with van der Waals surface area (Å²) in [6.07, 6.45) is 9.81. The molecule has 3 heterocycles. The highest BCUT2D eigenvalue weighted by Crippen LogP contribution is 2.07. The minimum atomic E-state index is -0.0149. The van der Waals surface area contributed by atoms with E-state index >= 15 is 0 Å². The largest absolute Gasteiger partial charge is 0.350 e. The van der Waals surface area contributed by atoms with Crippen LogP contribution in [0.1, 0.15) is 23.4 Å². The summed E-state index contributed by atoms with van der Waals surface area (Å²) in [5, 5.41) is 2.88. The summed E-state index contributed by atoms with van der Waals surface area (Å²) in [4.78, 5) is 24.5. The van der Waals surface area contributed by atoms with Gasteiger partial charge in [0.15, 0.2) is 0 Å². The number of pyridine rings is 1. The molecule has 6 heteroatoms. The molecule has 3 aromatic rings. The van der Waals surface area contributed by atoms with E-state index in [1.807, 2.05) is 35.9 Å². The molecule has 0 bridgehead atoms. The number of aromatic nitrogens is 4. The van der Waals surface area contributed by atoms with Gasteiger partial charge < -0.3 is 9.72 Å². The van der Waals surface area contributed by atoms with Crippen LogP contribution in [0.3, 0.4) is 0 Å². The predicted molar refractivity (Wildman–Crippen MR) is 82.1 cm³/mol. The number of aryl methyl sites for hydroxylation is 2. The summed E-state index contributed by atoms with van der Waals surface area (Å²) in [6.45, 7) is 2.46. The number of imidazole rings is 1. The number of nitrogens with one attached hydrogen (secondary N) is 1. The van der Waals surface area contributed by atoms with Gasteiger partial charge in [-0.2, -0.15) is 0 Å². The van der Waals surface area contributed by atoms with Crippen molar-refractivity contribution in [1.29, 1.82) is 0 Å². The van der Waals surface area contributed by atoms with Gasteiger partial charge in [0, 0.05) is 37.4 Å². The Balaban J connectivity index is 1.53. The van der Waals surface area contributed by atoms with Gasteiger partial charge in [-0.3, -0.25) is 14.8 Å². The fraction of sp³-hybridized carbons (Fsp3) is 0.250. The highest BCUT2D eigenvalue weighted by atomic mass is 16.1. The highest BCUT2D eigenvalue weighted by Gasteiger charge is 2.06. The van der Waals surface area contributed by atoms with Crippen LogP contribution < -0.4 is 5.32 Å². The fourth-order valence-corrected chi connectivity index (χ4v) is 2.20. The maximum Gasteiger partial charge on any atom is 0.220 e. The Morgan fingerprint density at radius 3 is 3.05 bits per heavy atom. The van der Waals surface area contributed by atoms with Crippen LogP contribution in [0, 0.1) is 6.92 Å². The molecular formula is C16H17N5O. The number of amides is 1. The molecule has 22 heavy (non-hydrogen) atoms. The smallest absolute Gasteiger partial charge is 0.220 e. The summed E-state index contributed by atoms with van der Waals surface area (Å²) in [5.41, 5.74) is 3.72. The van der Waals surface area contributed by atoms with Gasteiger partial charge >= 0.3 is 0 Å². The van der Waals surface area contributed by atoms with E-state index in [9.17, 15) is 4.79 Å². The van der Waals surface area contributed by atoms with E-state index in [1.165, 1.54) is 0 Å². The minimum Gasteiger partial charge on any atom is -0.350 e. The number of carbonyl (C=O) groups is 1. The second-order valence-corrected chi connectivity index (χ2v) is 5.18. The topological polar surface area (TPSA) is 72.2 Å². The zero-order valence-corrected chi connectivity index (χ0v) is 12.4. The number of rotatable bonds is 5. The number of hydrogen-bond donors (Lipinski definition) is 1. The van der Waals surface area contributed by atoms with Crippen molar-refractivity contribution in [1.82, 2.24) is 24.7 Å². The van der Waals surface area contributed by atoms with E-state index in [0.717, 1.165) is 22.6 Å². The van der Waals surface area contributed by atoms with E-state index in [-0.39, 0.29) is 5.91 Å². The first-order chi connectivity index (χ1) is 10.7. The first kappa shape index (κ1) is 14.2. The Hall–Kier alpha value is -2.76. The van der Waals surface area contributed by atoms with E-state index < -0.39 is 0 Å². The lowest BCUT2D eigenvalue weighted by Gasteiger charge is -2.02. The lowest BCUT2D eigenvalue weighted by atomic mass is 10.2. The van der Waals surface area contributed by atoms with E-state index in [1.54, 1.807) is 18.6 Å². The standard InChI is InChI=1S/C16H17N5O/c1-12-4-7-21-11-14(20-15(21)8-12)10-19-16(22)3-2-13-9-17-5-6-18-13/h4-9,11H,2-3,10H2,1H3,(H,19,22). The molecule has 3 rings (SSSR count). The molecule has 6 nitrogen and oxygen atoms in total. The molecule has 112 valence electrons.